The van der Waals surface area contributed by atoms with Gasteiger partial charge in [0.05, 0.1) is 6.04 Å². The van der Waals surface area contributed by atoms with Gasteiger partial charge in [-0.15, -0.1) is 11.3 Å². The molecule has 5 rings (SSSR count). The summed E-state index contributed by atoms with van der Waals surface area (Å²) in [4.78, 5) is 32.5. The number of hydrogen-bond donors (Lipinski definition) is 0. The standard InChI is InChI=1S/C30H29FN2O2S/c1-3-20(2)33(30(35)25-10-6-8-21-7-4-5-9-24(21)25)19-28(34)32-17-15-27-26(16-18-36-27)29(32)22-11-13-23(31)14-12-22/h4-14,16,18,20,29H,3,15,17,19H2,1-2H3. The van der Waals surface area contributed by atoms with Crippen molar-refractivity contribution in [2.75, 3.05) is 13.1 Å². The molecule has 0 saturated carbocycles. The van der Waals surface area contributed by atoms with Crippen LogP contribution in [0.1, 0.15) is 52.7 Å². The quantitative estimate of drug-likeness (QED) is 0.305. The van der Waals surface area contributed by atoms with E-state index in [-0.39, 0.29) is 36.3 Å². The van der Waals surface area contributed by atoms with Crippen molar-refractivity contribution in [1.82, 2.24) is 9.80 Å². The first-order valence-electron chi connectivity index (χ1n) is 12.4. The van der Waals surface area contributed by atoms with E-state index < -0.39 is 0 Å². The summed E-state index contributed by atoms with van der Waals surface area (Å²) in [5, 5.41) is 3.93. The molecule has 0 aliphatic carbocycles. The first kappa shape index (κ1) is 24.2. The molecule has 2 unspecified atom stereocenters. The first-order valence-corrected chi connectivity index (χ1v) is 13.3. The maximum Gasteiger partial charge on any atom is 0.255 e. The van der Waals surface area contributed by atoms with Gasteiger partial charge >= 0.3 is 0 Å². The van der Waals surface area contributed by atoms with Crippen LogP contribution in [-0.4, -0.2) is 40.7 Å². The molecule has 0 bridgehead atoms. The summed E-state index contributed by atoms with van der Waals surface area (Å²) in [6, 6.07) is 21.6. The van der Waals surface area contributed by atoms with Crippen molar-refractivity contribution in [3.8, 4) is 0 Å². The lowest BCUT2D eigenvalue weighted by atomic mass is 9.93. The lowest BCUT2D eigenvalue weighted by molar-refractivity contribution is -0.134. The number of hydrogen-bond acceptors (Lipinski definition) is 3. The van der Waals surface area contributed by atoms with Gasteiger partial charge in [0.2, 0.25) is 5.91 Å². The Morgan fingerprint density at radius 3 is 2.58 bits per heavy atom. The van der Waals surface area contributed by atoms with Crippen LogP contribution in [-0.2, 0) is 11.2 Å². The van der Waals surface area contributed by atoms with Crippen molar-refractivity contribution >= 4 is 33.9 Å². The summed E-state index contributed by atoms with van der Waals surface area (Å²) in [7, 11) is 0. The molecule has 0 spiro atoms. The number of thiophene rings is 1. The smallest absolute Gasteiger partial charge is 0.255 e. The van der Waals surface area contributed by atoms with Gasteiger partial charge in [0, 0.05) is 23.0 Å². The van der Waals surface area contributed by atoms with Gasteiger partial charge < -0.3 is 9.80 Å². The third-order valence-corrected chi connectivity index (χ3v) is 8.18. The summed E-state index contributed by atoms with van der Waals surface area (Å²) in [5.41, 5.74) is 2.57. The average molecular weight is 501 g/mol. The van der Waals surface area contributed by atoms with Crippen LogP contribution >= 0.6 is 11.3 Å². The van der Waals surface area contributed by atoms with E-state index in [1.54, 1.807) is 28.4 Å². The molecule has 0 fully saturated rings. The first-order chi connectivity index (χ1) is 17.5. The van der Waals surface area contributed by atoms with Crippen LogP contribution in [0.25, 0.3) is 10.8 Å². The molecule has 36 heavy (non-hydrogen) atoms. The van der Waals surface area contributed by atoms with Gasteiger partial charge in [0.15, 0.2) is 0 Å². The number of benzene rings is 3. The van der Waals surface area contributed by atoms with E-state index >= 15 is 0 Å². The SMILES string of the molecule is CCC(C)N(CC(=O)N1CCc2sccc2C1c1ccc(F)cc1)C(=O)c1cccc2ccccc12. The lowest BCUT2D eigenvalue weighted by Crippen LogP contribution is -2.49. The molecule has 0 radical (unpaired) electrons. The molecular weight excluding hydrogens is 471 g/mol. The van der Waals surface area contributed by atoms with E-state index in [0.29, 0.717) is 12.1 Å². The Morgan fingerprint density at radius 2 is 1.81 bits per heavy atom. The molecular formula is C30H29FN2O2S. The highest BCUT2D eigenvalue weighted by Crippen LogP contribution is 2.38. The van der Waals surface area contributed by atoms with Crippen molar-refractivity contribution in [3.63, 3.8) is 0 Å². The van der Waals surface area contributed by atoms with Gasteiger partial charge in [0.25, 0.3) is 5.91 Å². The van der Waals surface area contributed by atoms with Crippen molar-refractivity contribution in [2.45, 2.75) is 38.8 Å². The molecule has 0 saturated heterocycles. The van der Waals surface area contributed by atoms with Crippen LogP contribution in [0.15, 0.2) is 78.2 Å². The highest BCUT2D eigenvalue weighted by Gasteiger charge is 2.35. The molecule has 6 heteroatoms. The zero-order valence-corrected chi connectivity index (χ0v) is 21.3. The molecule has 1 aliphatic heterocycles. The molecule has 4 aromatic rings. The minimum absolute atomic E-state index is 0.00573. The number of carbonyl (C=O) groups is 2. The monoisotopic (exact) mass is 500 g/mol. The third-order valence-electron chi connectivity index (χ3n) is 7.18. The molecule has 2 heterocycles. The van der Waals surface area contributed by atoms with Crippen molar-refractivity contribution in [3.05, 3.63) is 106 Å². The van der Waals surface area contributed by atoms with Crippen LogP contribution in [0.3, 0.4) is 0 Å². The molecule has 1 aromatic heterocycles. The van der Waals surface area contributed by atoms with E-state index in [1.807, 2.05) is 66.6 Å². The largest absolute Gasteiger partial charge is 0.330 e. The molecule has 1 aliphatic rings. The van der Waals surface area contributed by atoms with Crippen LogP contribution in [0.4, 0.5) is 4.39 Å². The Bertz CT molecular complexity index is 1390. The number of amides is 2. The van der Waals surface area contributed by atoms with Crippen molar-refractivity contribution < 1.29 is 14.0 Å². The van der Waals surface area contributed by atoms with E-state index in [4.69, 9.17) is 0 Å². The zero-order valence-electron chi connectivity index (χ0n) is 20.5. The molecule has 184 valence electrons. The van der Waals surface area contributed by atoms with Gasteiger partial charge in [-0.2, -0.15) is 0 Å². The molecule has 2 amide bonds. The molecule has 3 aromatic carbocycles. The minimum Gasteiger partial charge on any atom is -0.330 e. The topological polar surface area (TPSA) is 40.6 Å². The lowest BCUT2D eigenvalue weighted by Gasteiger charge is -2.38. The summed E-state index contributed by atoms with van der Waals surface area (Å²) in [5.74, 6) is -0.544. The fraction of sp³-hybridized carbons (Fsp3) is 0.267. The van der Waals surface area contributed by atoms with Gasteiger partial charge in [-0.05, 0) is 71.3 Å². The van der Waals surface area contributed by atoms with E-state index in [9.17, 15) is 14.0 Å². The van der Waals surface area contributed by atoms with Gasteiger partial charge in [0.1, 0.15) is 12.4 Å². The highest BCUT2D eigenvalue weighted by atomic mass is 32.1. The zero-order chi connectivity index (χ0) is 25.2. The predicted octanol–water partition coefficient (Wildman–Crippen LogP) is 6.46. The van der Waals surface area contributed by atoms with Crippen LogP contribution in [0, 0.1) is 5.82 Å². The number of rotatable bonds is 6. The van der Waals surface area contributed by atoms with Gasteiger partial charge in [-0.25, -0.2) is 4.39 Å². The fourth-order valence-corrected chi connectivity index (χ4v) is 5.94. The van der Waals surface area contributed by atoms with Crippen LogP contribution in [0.5, 0.6) is 0 Å². The maximum atomic E-state index is 13.9. The molecule has 0 N–H and O–H groups in total. The predicted molar refractivity (Wildman–Crippen MR) is 143 cm³/mol. The minimum atomic E-state index is -0.304. The number of halogens is 1. The van der Waals surface area contributed by atoms with E-state index in [2.05, 4.69) is 6.07 Å². The third kappa shape index (κ3) is 4.53. The highest BCUT2D eigenvalue weighted by molar-refractivity contribution is 7.10. The Hall–Kier alpha value is -3.51. The molecule has 4 nitrogen and oxygen atoms in total. The number of nitrogens with zero attached hydrogens (tertiary/aromatic N) is 2. The second-order valence-electron chi connectivity index (χ2n) is 9.31. The summed E-state index contributed by atoms with van der Waals surface area (Å²) in [6.07, 6.45) is 1.51. The Labute approximate surface area is 215 Å². The normalized spacial score (nSPS) is 16.0. The second-order valence-corrected chi connectivity index (χ2v) is 10.3. The Kier molecular flexibility index (Phi) is 6.88. The average Bonchev–Trinajstić information content (AvgIpc) is 3.39. The van der Waals surface area contributed by atoms with E-state index in [1.165, 1.54) is 17.0 Å². The van der Waals surface area contributed by atoms with Crippen molar-refractivity contribution in [2.24, 2.45) is 0 Å². The van der Waals surface area contributed by atoms with Gasteiger partial charge in [-0.3, -0.25) is 9.59 Å². The van der Waals surface area contributed by atoms with Crippen molar-refractivity contribution in [1.29, 1.82) is 0 Å². The molecule has 2 atom stereocenters. The van der Waals surface area contributed by atoms with E-state index in [0.717, 1.165) is 34.7 Å². The van der Waals surface area contributed by atoms with Gasteiger partial charge in [-0.1, -0.05) is 55.5 Å². The maximum absolute atomic E-state index is 13.9. The second kappa shape index (κ2) is 10.2. The fourth-order valence-electron chi connectivity index (χ4n) is 5.04. The number of fused-ring (bicyclic) bond motifs is 2. The van der Waals surface area contributed by atoms with Crippen LogP contribution in [0.2, 0.25) is 0 Å². The summed E-state index contributed by atoms with van der Waals surface area (Å²) < 4.78 is 13.7. The Morgan fingerprint density at radius 1 is 1.06 bits per heavy atom. The summed E-state index contributed by atoms with van der Waals surface area (Å²) in [6.45, 7) is 4.57. The van der Waals surface area contributed by atoms with Crippen LogP contribution < -0.4 is 0 Å². The summed E-state index contributed by atoms with van der Waals surface area (Å²) >= 11 is 1.69. The Balaban J connectivity index is 1.47. The number of carbonyl (C=O) groups excluding carboxylic acids is 2.